The Bertz CT molecular complexity index is 312. The average molecular weight is 247 g/mol. The van der Waals surface area contributed by atoms with Gasteiger partial charge in [-0.25, -0.2) is 0 Å². The van der Waals surface area contributed by atoms with Gasteiger partial charge in [0.2, 0.25) is 0 Å². The quantitative estimate of drug-likeness (QED) is 0.883. The van der Waals surface area contributed by atoms with Gasteiger partial charge in [0.05, 0.1) is 24.3 Å². The molecule has 1 fully saturated rings. The van der Waals surface area contributed by atoms with E-state index in [0.717, 1.165) is 31.3 Å². The summed E-state index contributed by atoms with van der Waals surface area (Å²) in [5.74, 6) is 0. The Kier molecular flexibility index (Phi) is 3.99. The molecule has 1 aliphatic rings. The highest BCUT2D eigenvalue weighted by molar-refractivity contribution is 7.10. The van der Waals surface area contributed by atoms with Crippen LogP contribution < -0.4 is 5.73 Å². The van der Waals surface area contributed by atoms with Gasteiger partial charge in [-0.3, -0.25) is 4.90 Å². The monoisotopic (exact) mass is 246 g/mol. The van der Waals surface area contributed by atoms with Crippen molar-refractivity contribution in [2.75, 3.05) is 32.8 Å². The van der Waals surface area contributed by atoms with E-state index in [1.54, 1.807) is 11.3 Å². The second-order valence-corrected chi connectivity index (χ2v) is 4.95. The van der Waals surface area contributed by atoms with Crippen LogP contribution in [0.3, 0.4) is 0 Å². The van der Waals surface area contributed by atoms with Gasteiger partial charge in [0.25, 0.3) is 0 Å². The maximum atomic E-state index is 5.93. The number of halogens is 1. The molecule has 2 N–H and O–H groups in total. The first-order chi connectivity index (χ1) is 7.31. The van der Waals surface area contributed by atoms with E-state index in [9.17, 15) is 0 Å². The predicted molar refractivity (Wildman–Crippen MR) is 63.5 cm³/mol. The van der Waals surface area contributed by atoms with Crippen molar-refractivity contribution in [3.8, 4) is 0 Å². The lowest BCUT2D eigenvalue weighted by Gasteiger charge is -2.33. The van der Waals surface area contributed by atoms with Crippen LogP contribution >= 0.6 is 22.9 Å². The first kappa shape index (κ1) is 11.4. The summed E-state index contributed by atoms with van der Waals surface area (Å²) in [4.78, 5) is 3.62. The molecule has 15 heavy (non-hydrogen) atoms. The number of nitrogens with zero attached hydrogens (tertiary/aromatic N) is 1. The molecule has 1 unspecified atom stereocenters. The van der Waals surface area contributed by atoms with Crippen molar-refractivity contribution in [3.63, 3.8) is 0 Å². The Balaban J connectivity index is 2.08. The molecule has 0 aromatic carbocycles. The molecular formula is C10H15ClN2OS. The minimum atomic E-state index is 0.298. The van der Waals surface area contributed by atoms with Gasteiger partial charge in [-0.15, -0.1) is 11.3 Å². The maximum Gasteiger partial charge on any atom is 0.0594 e. The van der Waals surface area contributed by atoms with E-state index in [1.165, 1.54) is 4.88 Å². The molecule has 0 bridgehead atoms. The standard InChI is InChI=1S/C10H15ClN2OS/c11-8-5-10(15-7-8)9(6-12)13-1-3-14-4-2-13/h5,7,9H,1-4,6,12H2. The second kappa shape index (κ2) is 5.27. The van der Waals surface area contributed by atoms with E-state index in [0.29, 0.717) is 12.6 Å². The van der Waals surface area contributed by atoms with Crippen molar-refractivity contribution in [1.82, 2.24) is 4.90 Å². The molecule has 84 valence electrons. The summed E-state index contributed by atoms with van der Waals surface area (Å²) in [6.07, 6.45) is 0. The SMILES string of the molecule is NCC(c1cc(Cl)cs1)N1CCOCC1. The smallest absolute Gasteiger partial charge is 0.0594 e. The highest BCUT2D eigenvalue weighted by Crippen LogP contribution is 2.29. The van der Waals surface area contributed by atoms with Crippen molar-refractivity contribution in [2.45, 2.75) is 6.04 Å². The number of morpholine rings is 1. The van der Waals surface area contributed by atoms with E-state index < -0.39 is 0 Å². The third-order valence-electron chi connectivity index (χ3n) is 2.63. The molecule has 0 amide bonds. The Morgan fingerprint density at radius 2 is 2.27 bits per heavy atom. The number of nitrogens with two attached hydrogens (primary N) is 1. The predicted octanol–water partition coefficient (Wildman–Crippen LogP) is 1.73. The van der Waals surface area contributed by atoms with Gasteiger partial charge in [0.15, 0.2) is 0 Å². The van der Waals surface area contributed by atoms with Crippen LogP contribution in [0.5, 0.6) is 0 Å². The molecule has 2 rings (SSSR count). The molecule has 0 radical (unpaired) electrons. The fourth-order valence-electron chi connectivity index (χ4n) is 1.84. The molecule has 0 spiro atoms. The van der Waals surface area contributed by atoms with Gasteiger partial charge in [0, 0.05) is 29.9 Å². The van der Waals surface area contributed by atoms with Gasteiger partial charge in [-0.2, -0.15) is 0 Å². The molecule has 1 aliphatic heterocycles. The number of ether oxygens (including phenoxy) is 1. The van der Waals surface area contributed by atoms with E-state index in [4.69, 9.17) is 22.1 Å². The molecule has 2 heterocycles. The van der Waals surface area contributed by atoms with Crippen LogP contribution in [-0.2, 0) is 4.74 Å². The molecule has 0 saturated carbocycles. The molecule has 0 aliphatic carbocycles. The summed E-state index contributed by atoms with van der Waals surface area (Å²) in [6.45, 7) is 4.15. The average Bonchev–Trinajstić information content (AvgIpc) is 2.68. The van der Waals surface area contributed by atoms with Gasteiger partial charge in [0.1, 0.15) is 0 Å². The maximum absolute atomic E-state index is 5.93. The molecule has 3 nitrogen and oxygen atoms in total. The summed E-state index contributed by atoms with van der Waals surface area (Å²) in [7, 11) is 0. The van der Waals surface area contributed by atoms with Crippen molar-refractivity contribution < 1.29 is 4.74 Å². The minimum absolute atomic E-state index is 0.298. The molecule has 5 heteroatoms. The van der Waals surface area contributed by atoms with Crippen LogP contribution in [-0.4, -0.2) is 37.7 Å². The molecular weight excluding hydrogens is 232 g/mol. The highest BCUT2D eigenvalue weighted by Gasteiger charge is 2.22. The lowest BCUT2D eigenvalue weighted by atomic mass is 10.2. The fraction of sp³-hybridized carbons (Fsp3) is 0.600. The minimum Gasteiger partial charge on any atom is -0.379 e. The van der Waals surface area contributed by atoms with Crippen LogP contribution in [0.2, 0.25) is 5.02 Å². The summed E-state index contributed by atoms with van der Waals surface area (Å²) in [5.41, 5.74) is 5.83. The van der Waals surface area contributed by atoms with Crippen molar-refractivity contribution in [2.24, 2.45) is 5.73 Å². The fourth-order valence-corrected chi connectivity index (χ4v) is 3.07. The molecule has 1 aromatic rings. The zero-order valence-electron chi connectivity index (χ0n) is 8.49. The number of thiophene rings is 1. The summed E-state index contributed by atoms with van der Waals surface area (Å²) in [6, 6.07) is 2.31. The molecule has 1 atom stereocenters. The Morgan fingerprint density at radius 1 is 1.53 bits per heavy atom. The Labute approximate surface area is 98.8 Å². The zero-order valence-corrected chi connectivity index (χ0v) is 10.1. The van der Waals surface area contributed by atoms with Gasteiger partial charge in [-0.1, -0.05) is 11.6 Å². The van der Waals surface area contributed by atoms with E-state index in [-0.39, 0.29) is 0 Å². The van der Waals surface area contributed by atoms with Crippen molar-refractivity contribution >= 4 is 22.9 Å². The van der Waals surface area contributed by atoms with Crippen LogP contribution in [0, 0.1) is 0 Å². The van der Waals surface area contributed by atoms with Crippen LogP contribution in [0.4, 0.5) is 0 Å². The van der Waals surface area contributed by atoms with E-state index in [2.05, 4.69) is 4.90 Å². The second-order valence-electron chi connectivity index (χ2n) is 3.57. The lowest BCUT2D eigenvalue weighted by Crippen LogP contribution is -2.41. The first-order valence-electron chi connectivity index (χ1n) is 5.07. The highest BCUT2D eigenvalue weighted by atomic mass is 35.5. The molecule has 1 aromatic heterocycles. The van der Waals surface area contributed by atoms with Crippen LogP contribution in [0.25, 0.3) is 0 Å². The summed E-state index contributed by atoms with van der Waals surface area (Å²) in [5, 5.41) is 2.77. The van der Waals surface area contributed by atoms with E-state index in [1.807, 2.05) is 11.4 Å². The van der Waals surface area contributed by atoms with Crippen molar-refractivity contribution in [1.29, 1.82) is 0 Å². The van der Waals surface area contributed by atoms with Crippen LogP contribution in [0.1, 0.15) is 10.9 Å². The van der Waals surface area contributed by atoms with Gasteiger partial charge in [-0.05, 0) is 6.07 Å². The first-order valence-corrected chi connectivity index (χ1v) is 6.33. The zero-order chi connectivity index (χ0) is 10.7. The lowest BCUT2D eigenvalue weighted by molar-refractivity contribution is 0.0186. The summed E-state index contributed by atoms with van der Waals surface area (Å²) >= 11 is 7.61. The van der Waals surface area contributed by atoms with Crippen molar-refractivity contribution in [3.05, 3.63) is 21.3 Å². The topological polar surface area (TPSA) is 38.5 Å². The Morgan fingerprint density at radius 3 is 2.80 bits per heavy atom. The third-order valence-corrected chi connectivity index (χ3v) is 4.01. The van der Waals surface area contributed by atoms with Gasteiger partial charge >= 0.3 is 0 Å². The van der Waals surface area contributed by atoms with E-state index >= 15 is 0 Å². The molecule has 1 saturated heterocycles. The largest absolute Gasteiger partial charge is 0.379 e. The normalized spacial score (nSPS) is 20.4. The van der Waals surface area contributed by atoms with Gasteiger partial charge < -0.3 is 10.5 Å². The van der Waals surface area contributed by atoms with Crippen LogP contribution in [0.15, 0.2) is 11.4 Å². The Hall–Kier alpha value is -0.130. The third kappa shape index (κ3) is 2.71. The summed E-state index contributed by atoms with van der Waals surface area (Å²) < 4.78 is 5.33. The number of hydrogen-bond acceptors (Lipinski definition) is 4. The number of rotatable bonds is 3. The number of hydrogen-bond donors (Lipinski definition) is 1.